The Hall–Kier alpha value is -4.37. The zero-order chi connectivity index (χ0) is 21.3. The van der Waals surface area contributed by atoms with Crippen LogP contribution < -0.4 is 0 Å². The van der Waals surface area contributed by atoms with Gasteiger partial charge in [-0.3, -0.25) is 4.98 Å². The first-order chi connectivity index (χ1) is 15.8. The summed E-state index contributed by atoms with van der Waals surface area (Å²) in [5.74, 6) is 0. The Morgan fingerprint density at radius 3 is 1.78 bits per heavy atom. The molecule has 6 aromatic rings. The van der Waals surface area contributed by atoms with Crippen LogP contribution in [0.1, 0.15) is 0 Å². The predicted molar refractivity (Wildman–Crippen MR) is 131 cm³/mol. The largest absolute Gasteiger partial charge is 0.255 e. The van der Waals surface area contributed by atoms with E-state index < -0.39 is 0 Å². The molecule has 0 saturated heterocycles. The van der Waals surface area contributed by atoms with E-state index in [-0.39, 0.29) is 0 Å². The van der Waals surface area contributed by atoms with Gasteiger partial charge in [0.25, 0.3) is 0 Å². The highest BCUT2D eigenvalue weighted by Gasteiger charge is 2.09. The van der Waals surface area contributed by atoms with E-state index in [0.29, 0.717) is 0 Å². The summed E-state index contributed by atoms with van der Waals surface area (Å²) in [7, 11) is 0. The number of benzene rings is 3. The molecule has 0 fully saturated rings. The Labute approximate surface area is 186 Å². The lowest BCUT2D eigenvalue weighted by Gasteiger charge is -2.09. The summed E-state index contributed by atoms with van der Waals surface area (Å²) in [5, 5.41) is 2.14. The molecule has 0 aliphatic heterocycles. The van der Waals surface area contributed by atoms with Crippen molar-refractivity contribution in [1.29, 1.82) is 0 Å². The van der Waals surface area contributed by atoms with Crippen LogP contribution in [-0.4, -0.2) is 15.0 Å². The molecule has 3 heterocycles. The van der Waals surface area contributed by atoms with Crippen LogP contribution in [0.3, 0.4) is 0 Å². The third kappa shape index (κ3) is 3.30. The summed E-state index contributed by atoms with van der Waals surface area (Å²) in [6.45, 7) is 0. The molecule has 0 aliphatic rings. The molecule has 0 aliphatic carbocycles. The van der Waals surface area contributed by atoms with Crippen LogP contribution in [0.5, 0.6) is 0 Å². The van der Waals surface area contributed by atoms with Gasteiger partial charge in [-0.2, -0.15) is 0 Å². The fourth-order valence-electron chi connectivity index (χ4n) is 4.07. The average molecular weight is 409 g/mol. The first kappa shape index (κ1) is 18.4. The molecule has 0 amide bonds. The normalized spacial score (nSPS) is 11.1. The number of pyridine rings is 3. The summed E-state index contributed by atoms with van der Waals surface area (Å²) in [6.07, 6.45) is 1.79. The van der Waals surface area contributed by atoms with Crippen LogP contribution >= 0.6 is 0 Å². The van der Waals surface area contributed by atoms with Crippen LogP contribution in [0.25, 0.3) is 55.6 Å². The first-order valence-electron chi connectivity index (χ1n) is 10.6. The highest BCUT2D eigenvalue weighted by Crippen LogP contribution is 2.30. The average Bonchev–Trinajstić information content (AvgIpc) is 2.89. The maximum atomic E-state index is 5.06. The summed E-state index contributed by atoms with van der Waals surface area (Å²) < 4.78 is 0. The maximum Gasteiger partial charge on any atom is 0.0973 e. The lowest BCUT2D eigenvalue weighted by Crippen LogP contribution is -1.92. The number of fused-ring (bicyclic) bond motifs is 3. The lowest BCUT2D eigenvalue weighted by atomic mass is 10.0. The van der Waals surface area contributed by atoms with Crippen LogP contribution in [0, 0.1) is 0 Å². The first-order valence-corrected chi connectivity index (χ1v) is 10.6. The molecule has 3 heteroatoms. The molecule has 0 N–H and O–H groups in total. The number of hydrogen-bond acceptors (Lipinski definition) is 3. The van der Waals surface area contributed by atoms with Crippen molar-refractivity contribution in [3.63, 3.8) is 0 Å². The number of aromatic nitrogens is 3. The van der Waals surface area contributed by atoms with Gasteiger partial charge < -0.3 is 0 Å². The number of rotatable bonds is 3. The summed E-state index contributed by atoms with van der Waals surface area (Å²) >= 11 is 0. The van der Waals surface area contributed by atoms with Crippen molar-refractivity contribution in [3.05, 3.63) is 115 Å². The van der Waals surface area contributed by atoms with Crippen molar-refractivity contribution < 1.29 is 0 Å². The zero-order valence-electron chi connectivity index (χ0n) is 17.3. The fourth-order valence-corrected chi connectivity index (χ4v) is 4.07. The molecular weight excluding hydrogens is 390 g/mol. The second-order valence-corrected chi connectivity index (χ2v) is 7.76. The second-order valence-electron chi connectivity index (χ2n) is 7.76. The topological polar surface area (TPSA) is 38.7 Å². The van der Waals surface area contributed by atoms with E-state index in [4.69, 9.17) is 9.97 Å². The third-order valence-corrected chi connectivity index (χ3v) is 5.71. The Bertz CT molecular complexity index is 1560. The summed E-state index contributed by atoms with van der Waals surface area (Å²) in [4.78, 5) is 14.5. The lowest BCUT2D eigenvalue weighted by molar-refractivity contribution is 1.27. The molecule has 3 nitrogen and oxygen atoms in total. The van der Waals surface area contributed by atoms with Crippen LogP contribution in [0.2, 0.25) is 0 Å². The molecule has 3 aromatic heterocycles. The van der Waals surface area contributed by atoms with Crippen LogP contribution in [0.15, 0.2) is 115 Å². The van der Waals surface area contributed by atoms with Gasteiger partial charge in [0.15, 0.2) is 0 Å². The minimum Gasteiger partial charge on any atom is -0.255 e. The minimum atomic E-state index is 0.851. The molecule has 0 radical (unpaired) electrons. The van der Waals surface area contributed by atoms with Crippen molar-refractivity contribution in [1.82, 2.24) is 15.0 Å². The highest BCUT2D eigenvalue weighted by atomic mass is 14.8. The number of nitrogens with zero attached hydrogens (tertiary/aromatic N) is 3. The third-order valence-electron chi connectivity index (χ3n) is 5.71. The van der Waals surface area contributed by atoms with Crippen LogP contribution in [-0.2, 0) is 0 Å². The number of hydrogen-bond donors (Lipinski definition) is 0. The minimum absolute atomic E-state index is 0.851. The summed E-state index contributed by atoms with van der Waals surface area (Å²) in [6, 6.07) is 37.4. The quantitative estimate of drug-likeness (QED) is 0.291. The molecule has 0 unspecified atom stereocenters. The molecule has 0 spiro atoms. The van der Waals surface area contributed by atoms with Gasteiger partial charge in [0.1, 0.15) is 0 Å². The Kier molecular flexibility index (Phi) is 4.43. The molecule has 0 bridgehead atoms. The molecule has 32 heavy (non-hydrogen) atoms. The molecule has 150 valence electrons. The van der Waals surface area contributed by atoms with Gasteiger partial charge in [-0.05, 0) is 41.5 Å². The summed E-state index contributed by atoms with van der Waals surface area (Å²) in [5.41, 5.74) is 7.91. The molecule has 6 rings (SSSR count). The van der Waals surface area contributed by atoms with E-state index in [2.05, 4.69) is 83.8 Å². The van der Waals surface area contributed by atoms with E-state index in [1.807, 2.05) is 30.3 Å². The SMILES string of the molecule is c1ccc(-c2cccc(-c3ccc4ccc5ccc(-c6ccccn6)nc5c4n3)c2)cc1. The Morgan fingerprint density at radius 2 is 1.03 bits per heavy atom. The zero-order valence-corrected chi connectivity index (χ0v) is 17.3. The Balaban J connectivity index is 1.51. The second kappa shape index (κ2) is 7.71. The molecule has 3 aromatic carbocycles. The van der Waals surface area contributed by atoms with Crippen molar-refractivity contribution in [2.24, 2.45) is 0 Å². The fraction of sp³-hybridized carbons (Fsp3) is 0. The maximum absolute atomic E-state index is 5.06. The van der Waals surface area contributed by atoms with Gasteiger partial charge in [-0.1, -0.05) is 78.9 Å². The van der Waals surface area contributed by atoms with Crippen molar-refractivity contribution in [2.75, 3.05) is 0 Å². The smallest absolute Gasteiger partial charge is 0.0973 e. The van der Waals surface area contributed by atoms with Gasteiger partial charge in [0.05, 0.1) is 28.1 Å². The van der Waals surface area contributed by atoms with E-state index in [1.165, 1.54) is 11.1 Å². The predicted octanol–water partition coefficient (Wildman–Crippen LogP) is 7.18. The van der Waals surface area contributed by atoms with E-state index in [0.717, 1.165) is 44.5 Å². The van der Waals surface area contributed by atoms with Gasteiger partial charge in [-0.25, -0.2) is 9.97 Å². The highest BCUT2D eigenvalue weighted by molar-refractivity contribution is 6.04. The van der Waals surface area contributed by atoms with Crippen LogP contribution in [0.4, 0.5) is 0 Å². The Morgan fingerprint density at radius 1 is 0.406 bits per heavy atom. The van der Waals surface area contributed by atoms with Gasteiger partial charge >= 0.3 is 0 Å². The van der Waals surface area contributed by atoms with E-state index >= 15 is 0 Å². The van der Waals surface area contributed by atoms with E-state index in [9.17, 15) is 0 Å². The van der Waals surface area contributed by atoms with Crippen molar-refractivity contribution in [3.8, 4) is 33.8 Å². The van der Waals surface area contributed by atoms with Gasteiger partial charge in [-0.15, -0.1) is 0 Å². The van der Waals surface area contributed by atoms with Gasteiger partial charge in [0.2, 0.25) is 0 Å². The standard InChI is InChI=1S/C29H19N3/c1-2-7-20(8-3-1)23-9-6-10-24(19-23)25-16-14-21-12-13-22-15-17-27(26-11-4-5-18-30-26)32-29(22)28(21)31-25/h1-19H. The van der Waals surface area contributed by atoms with Crippen molar-refractivity contribution in [2.45, 2.75) is 0 Å². The van der Waals surface area contributed by atoms with Gasteiger partial charge in [0, 0.05) is 22.5 Å². The molecule has 0 saturated carbocycles. The molecule has 0 atom stereocenters. The monoisotopic (exact) mass is 409 g/mol. The van der Waals surface area contributed by atoms with E-state index in [1.54, 1.807) is 6.20 Å². The molecular formula is C29H19N3. The van der Waals surface area contributed by atoms with Crippen molar-refractivity contribution >= 4 is 21.8 Å².